The van der Waals surface area contributed by atoms with Crippen molar-refractivity contribution in [3.63, 3.8) is 0 Å². The van der Waals surface area contributed by atoms with Crippen LogP contribution in [0, 0.1) is 11.7 Å². The molecule has 1 saturated carbocycles. The van der Waals surface area contributed by atoms with Gasteiger partial charge in [-0.25, -0.2) is 9.18 Å². The monoisotopic (exact) mass is 577 g/mol. The van der Waals surface area contributed by atoms with Gasteiger partial charge in [0.15, 0.2) is 0 Å². The maximum Gasteiger partial charge on any atom is 0.348 e. The molecule has 216 valence electrons. The van der Waals surface area contributed by atoms with Crippen molar-refractivity contribution in [2.24, 2.45) is 5.92 Å². The van der Waals surface area contributed by atoms with Crippen LogP contribution in [0.3, 0.4) is 0 Å². The zero-order valence-corrected chi connectivity index (χ0v) is 24.0. The molecule has 0 unspecified atom stereocenters. The molecule has 41 heavy (non-hydrogen) atoms. The van der Waals surface area contributed by atoms with Gasteiger partial charge >= 0.3 is 5.97 Å². The van der Waals surface area contributed by atoms with Gasteiger partial charge in [-0.05, 0) is 42.0 Å². The number of thiophene rings is 1. The number of benzene rings is 2. The lowest BCUT2D eigenvalue weighted by molar-refractivity contribution is -0.123. The minimum Gasteiger partial charge on any atom is -0.477 e. The van der Waals surface area contributed by atoms with Crippen LogP contribution >= 0.6 is 11.3 Å². The summed E-state index contributed by atoms with van der Waals surface area (Å²) in [5.74, 6) is -1.09. The number of anilines is 2. The summed E-state index contributed by atoms with van der Waals surface area (Å²) in [5, 5.41) is 10.2. The number of carbonyl (C=O) groups excluding carboxylic acids is 1. The Labute approximate surface area is 244 Å². The van der Waals surface area contributed by atoms with Gasteiger partial charge in [0.2, 0.25) is 5.91 Å². The van der Waals surface area contributed by atoms with E-state index >= 15 is 4.39 Å². The molecule has 7 nitrogen and oxygen atoms in total. The zero-order chi connectivity index (χ0) is 28.3. The number of rotatable bonds is 7. The summed E-state index contributed by atoms with van der Waals surface area (Å²) in [6.45, 7) is 3.61. The fourth-order valence-corrected chi connectivity index (χ4v) is 7.70. The van der Waals surface area contributed by atoms with Crippen LogP contribution in [0.1, 0.15) is 47.3 Å². The molecule has 3 heterocycles. The van der Waals surface area contributed by atoms with Gasteiger partial charge in [0.25, 0.3) is 0 Å². The van der Waals surface area contributed by atoms with Gasteiger partial charge in [-0.1, -0.05) is 61.7 Å². The summed E-state index contributed by atoms with van der Waals surface area (Å²) >= 11 is 1.22. The van der Waals surface area contributed by atoms with Crippen molar-refractivity contribution in [3.8, 4) is 10.4 Å². The molecular formula is C32H36FN3O4S. The van der Waals surface area contributed by atoms with E-state index in [-0.39, 0.29) is 35.1 Å². The number of carboxylic acid groups (broad SMARTS) is 1. The maximum absolute atomic E-state index is 15.1. The second-order valence-corrected chi connectivity index (χ2v) is 12.3. The van der Waals surface area contributed by atoms with Crippen molar-refractivity contribution in [2.45, 2.75) is 44.7 Å². The molecule has 0 spiro atoms. The minimum absolute atomic E-state index is 0.101. The van der Waals surface area contributed by atoms with Crippen molar-refractivity contribution in [3.05, 3.63) is 70.9 Å². The first kappa shape index (κ1) is 27.9. The topological polar surface area (TPSA) is 73.3 Å². The number of ether oxygens (including phenoxy) is 1. The lowest BCUT2D eigenvalue weighted by Crippen LogP contribution is -2.59. The Balaban J connectivity index is 1.33. The third-order valence-corrected chi connectivity index (χ3v) is 9.78. The Morgan fingerprint density at radius 3 is 2.51 bits per heavy atom. The molecule has 3 aliphatic rings. The molecule has 1 N–H and O–H groups in total. The van der Waals surface area contributed by atoms with E-state index in [4.69, 9.17) is 4.74 Å². The molecule has 1 atom stereocenters. The fraction of sp³-hybridized carbons (Fsp3) is 0.438. The van der Waals surface area contributed by atoms with Crippen molar-refractivity contribution in [2.75, 3.05) is 49.2 Å². The lowest BCUT2D eigenvalue weighted by Gasteiger charge is -2.45. The highest BCUT2D eigenvalue weighted by Gasteiger charge is 2.41. The van der Waals surface area contributed by atoms with Crippen molar-refractivity contribution in [1.29, 1.82) is 0 Å². The summed E-state index contributed by atoms with van der Waals surface area (Å²) < 4.78 is 20.6. The number of nitrogens with zero attached hydrogens (tertiary/aromatic N) is 3. The molecule has 0 radical (unpaired) electrons. The highest BCUT2D eigenvalue weighted by Crippen LogP contribution is 2.41. The first-order valence-corrected chi connectivity index (χ1v) is 15.4. The fourth-order valence-electron chi connectivity index (χ4n) is 6.70. The maximum atomic E-state index is 15.1. The number of halogens is 1. The van der Waals surface area contributed by atoms with Crippen LogP contribution in [0.4, 0.5) is 15.8 Å². The Morgan fingerprint density at radius 2 is 1.78 bits per heavy atom. The number of morpholine rings is 1. The number of carbonyl (C=O) groups is 2. The van der Waals surface area contributed by atoms with Gasteiger partial charge in [0.1, 0.15) is 10.7 Å². The first-order chi connectivity index (χ1) is 20.0. The van der Waals surface area contributed by atoms with Crippen LogP contribution in [0.5, 0.6) is 0 Å². The van der Waals surface area contributed by atoms with E-state index in [0.29, 0.717) is 50.8 Å². The summed E-state index contributed by atoms with van der Waals surface area (Å²) in [4.78, 5) is 33.5. The highest BCUT2D eigenvalue weighted by molar-refractivity contribution is 7.18. The number of para-hydroxylation sites is 1. The SMILES string of the molecule is O=C(O)c1sc(-c2ccccc2)cc1N1C(=O)CN(Cc2cccc(F)c2N2CCOCC2)C[C@H]1C1CCCCC1. The lowest BCUT2D eigenvalue weighted by atomic mass is 9.82. The van der Waals surface area contributed by atoms with Crippen molar-refractivity contribution < 1.29 is 23.8 Å². The molecule has 2 aliphatic heterocycles. The normalized spacial score (nSPS) is 20.9. The molecular weight excluding hydrogens is 541 g/mol. The van der Waals surface area contributed by atoms with Gasteiger partial charge in [-0.3, -0.25) is 9.69 Å². The minimum atomic E-state index is -1.01. The predicted molar refractivity (Wildman–Crippen MR) is 159 cm³/mol. The Kier molecular flexibility index (Phi) is 8.37. The summed E-state index contributed by atoms with van der Waals surface area (Å²) in [7, 11) is 0. The molecule has 1 aliphatic carbocycles. The average Bonchev–Trinajstić information content (AvgIpc) is 3.44. The standard InChI is InChI=1S/C32H36FN3O4S/c33-25-13-7-12-24(30(25)35-14-16-40-17-15-35)19-34-20-27(22-8-3-1-4-9-22)36(29(37)21-34)26-18-28(41-31(26)32(38)39)23-10-5-2-6-11-23/h2,5-7,10-13,18,22,27H,1,3-4,8-9,14-17,19-21H2,(H,38,39)/t27-/m0/s1. The van der Waals surface area contributed by atoms with Crippen LogP contribution in [-0.2, 0) is 16.1 Å². The number of amides is 1. The number of aromatic carboxylic acids is 1. The number of hydrogen-bond donors (Lipinski definition) is 1. The molecule has 1 amide bonds. The van der Waals surface area contributed by atoms with Gasteiger partial charge in [-0.2, -0.15) is 0 Å². The second kappa shape index (κ2) is 12.3. The molecule has 3 fully saturated rings. The predicted octanol–water partition coefficient (Wildman–Crippen LogP) is 5.89. The molecule has 2 saturated heterocycles. The molecule has 3 aromatic rings. The third-order valence-electron chi connectivity index (χ3n) is 8.61. The third kappa shape index (κ3) is 5.89. The van der Waals surface area contributed by atoms with Gasteiger partial charge in [0, 0.05) is 31.1 Å². The Hall–Kier alpha value is -3.27. The van der Waals surface area contributed by atoms with Crippen LogP contribution in [0.25, 0.3) is 10.4 Å². The van der Waals surface area contributed by atoms with Gasteiger partial charge in [-0.15, -0.1) is 11.3 Å². The summed E-state index contributed by atoms with van der Waals surface area (Å²) in [6.07, 6.45) is 5.43. The van der Waals surface area contributed by atoms with E-state index in [0.717, 1.165) is 41.7 Å². The van der Waals surface area contributed by atoms with E-state index < -0.39 is 5.97 Å². The quantitative estimate of drug-likeness (QED) is 0.378. The van der Waals surface area contributed by atoms with E-state index in [2.05, 4.69) is 4.90 Å². The van der Waals surface area contributed by atoms with Crippen LogP contribution in [0.2, 0.25) is 0 Å². The van der Waals surface area contributed by atoms with Gasteiger partial charge in [0.05, 0.1) is 37.2 Å². The molecule has 1 aromatic heterocycles. The highest BCUT2D eigenvalue weighted by atomic mass is 32.1. The smallest absolute Gasteiger partial charge is 0.348 e. The number of hydrogen-bond acceptors (Lipinski definition) is 6. The number of carboxylic acids is 1. The average molecular weight is 578 g/mol. The second-order valence-electron chi connectivity index (χ2n) is 11.2. The summed E-state index contributed by atoms with van der Waals surface area (Å²) in [5.41, 5.74) is 2.90. The van der Waals surface area contributed by atoms with Crippen molar-refractivity contribution in [1.82, 2.24) is 4.90 Å². The first-order valence-electron chi connectivity index (χ1n) is 14.6. The molecule has 6 rings (SSSR count). The van der Waals surface area contributed by atoms with E-state index in [9.17, 15) is 14.7 Å². The van der Waals surface area contributed by atoms with E-state index in [1.165, 1.54) is 23.8 Å². The van der Waals surface area contributed by atoms with Crippen LogP contribution in [-0.4, -0.2) is 67.3 Å². The van der Waals surface area contributed by atoms with Crippen molar-refractivity contribution >= 4 is 34.6 Å². The number of piperazine rings is 1. The Bertz CT molecular complexity index is 1380. The van der Waals surface area contributed by atoms with E-state index in [1.807, 2.05) is 47.4 Å². The zero-order valence-electron chi connectivity index (χ0n) is 23.1. The largest absolute Gasteiger partial charge is 0.477 e. The molecule has 0 bridgehead atoms. The Morgan fingerprint density at radius 1 is 1.02 bits per heavy atom. The van der Waals surface area contributed by atoms with Gasteiger partial charge < -0.3 is 19.6 Å². The summed E-state index contributed by atoms with van der Waals surface area (Å²) in [6, 6.07) is 16.6. The molecule has 9 heteroatoms. The van der Waals surface area contributed by atoms with E-state index in [1.54, 1.807) is 11.0 Å². The van der Waals surface area contributed by atoms with Crippen LogP contribution < -0.4 is 9.80 Å². The van der Waals surface area contributed by atoms with Crippen LogP contribution in [0.15, 0.2) is 54.6 Å². The molecule has 2 aromatic carbocycles.